The number of amides is 4. The molecule has 0 radical (unpaired) electrons. The number of hydrogen-bond donors (Lipinski definition) is 2. The van der Waals surface area contributed by atoms with Gasteiger partial charge in [0, 0.05) is 113 Å². The van der Waals surface area contributed by atoms with Crippen LogP contribution >= 0.6 is 0 Å². The zero-order valence-electron chi connectivity index (χ0n) is 45.6. The van der Waals surface area contributed by atoms with E-state index in [1.807, 2.05) is 45.8 Å². The van der Waals surface area contributed by atoms with E-state index >= 15 is 4.39 Å². The number of nitrogens with one attached hydrogen (secondary N) is 2. The number of hydrazine groups is 1. The van der Waals surface area contributed by atoms with Crippen LogP contribution in [0, 0.1) is 17.3 Å². The fourth-order valence-electron chi connectivity index (χ4n) is 9.46. The number of alkyl halides is 1. The molecule has 3 aliphatic heterocycles. The molecule has 2 unspecified atom stereocenters. The summed E-state index contributed by atoms with van der Waals surface area (Å²) in [4.78, 5) is 77.1. The summed E-state index contributed by atoms with van der Waals surface area (Å²) in [6, 6.07) is 9.44. The zero-order chi connectivity index (χ0) is 53.7. The molecule has 0 saturated carbocycles. The molecule has 402 valence electrons. The van der Waals surface area contributed by atoms with Gasteiger partial charge in [-0.2, -0.15) is 0 Å². The highest BCUT2D eigenvalue weighted by Crippen LogP contribution is 2.42. The molecule has 18 heteroatoms. The Morgan fingerprint density at radius 2 is 1.77 bits per heavy atom. The lowest BCUT2D eigenvalue weighted by Crippen LogP contribution is -2.58. The minimum absolute atomic E-state index is 0.00802. The lowest BCUT2D eigenvalue weighted by Gasteiger charge is -2.38. The number of morpholine rings is 1. The Bertz CT molecular complexity index is 2430. The number of nitrogens with zero attached hydrogens (tertiary/aromatic N) is 7. The van der Waals surface area contributed by atoms with Gasteiger partial charge in [-0.05, 0) is 103 Å². The van der Waals surface area contributed by atoms with E-state index in [2.05, 4.69) is 90.9 Å². The van der Waals surface area contributed by atoms with E-state index < -0.39 is 53.0 Å². The van der Waals surface area contributed by atoms with Crippen LogP contribution in [0.15, 0.2) is 36.5 Å². The lowest BCUT2D eigenvalue weighted by atomic mass is 9.84. The third kappa shape index (κ3) is 14.8. The summed E-state index contributed by atoms with van der Waals surface area (Å²) in [7, 11) is 6.78. The number of benzene rings is 1. The molecule has 4 amide bonds. The maximum absolute atomic E-state index is 16.3. The number of ether oxygens (including phenoxy) is 3. The van der Waals surface area contributed by atoms with Crippen LogP contribution in [-0.4, -0.2) is 170 Å². The topological polar surface area (TPSA) is 171 Å². The molecule has 17 nitrogen and oxygen atoms in total. The maximum Gasteiger partial charge on any atom is 0.298 e. The van der Waals surface area contributed by atoms with Crippen LogP contribution in [0.25, 0.3) is 22.2 Å². The highest BCUT2D eigenvalue weighted by Gasteiger charge is 2.45. The summed E-state index contributed by atoms with van der Waals surface area (Å²) in [6.45, 7) is 19.7. The quantitative estimate of drug-likeness (QED) is 0.114. The number of aromatic nitrogens is 2. The van der Waals surface area contributed by atoms with E-state index in [4.69, 9.17) is 19.2 Å². The fourth-order valence-corrected chi connectivity index (χ4v) is 9.46. The highest BCUT2D eigenvalue weighted by atomic mass is 19.1. The first-order chi connectivity index (χ1) is 34.6. The normalized spacial score (nSPS) is 17.9. The monoisotopic (exact) mass is 1020 g/mol. The van der Waals surface area contributed by atoms with Gasteiger partial charge in [0.25, 0.3) is 24.2 Å². The number of fused-ring (bicyclic) bond motifs is 1. The Morgan fingerprint density at radius 3 is 2.40 bits per heavy atom. The average molecular weight is 1020 g/mol. The molecule has 3 aliphatic rings. The van der Waals surface area contributed by atoms with Gasteiger partial charge in [-0.25, -0.2) is 9.82 Å². The molecule has 3 fully saturated rings. The van der Waals surface area contributed by atoms with E-state index in [1.165, 1.54) is 23.4 Å². The van der Waals surface area contributed by atoms with Crippen molar-refractivity contribution in [3.05, 3.63) is 47.8 Å². The zero-order valence-corrected chi connectivity index (χ0v) is 45.6. The van der Waals surface area contributed by atoms with Crippen LogP contribution in [0.3, 0.4) is 0 Å². The second-order valence-electron chi connectivity index (χ2n) is 21.1. The number of likely N-dealkylation sites (N-methyl/N-ethyl adjacent to an activating group) is 1. The number of anilines is 1. The number of likely N-dealkylation sites (tertiary alicyclic amines) is 1. The van der Waals surface area contributed by atoms with E-state index in [-0.39, 0.29) is 51.0 Å². The van der Waals surface area contributed by atoms with E-state index in [0.29, 0.717) is 52.2 Å². The molecule has 2 N–H and O–H groups in total. The van der Waals surface area contributed by atoms with Crippen molar-refractivity contribution >= 4 is 46.7 Å². The van der Waals surface area contributed by atoms with E-state index in [9.17, 15) is 24.0 Å². The van der Waals surface area contributed by atoms with Crippen LogP contribution in [0.4, 0.5) is 10.1 Å². The van der Waals surface area contributed by atoms with Crippen molar-refractivity contribution in [3.8, 4) is 23.1 Å². The van der Waals surface area contributed by atoms with Crippen molar-refractivity contribution < 1.29 is 42.6 Å². The minimum atomic E-state index is -2.27. The number of carbonyl (C=O) groups excluding carboxylic acids is 5. The van der Waals surface area contributed by atoms with Gasteiger partial charge < -0.3 is 38.8 Å². The van der Waals surface area contributed by atoms with E-state index in [1.54, 1.807) is 13.3 Å². The second kappa shape index (κ2) is 26.0. The molecule has 2 aromatic heterocycles. The SMILES string of the molecule is CCC.CCn1c(-c2cccnc2C(C)OC)c(CC(C)(C)COC=O)c2cc(N3CCO[C@@H](CC(NC(=O)CN(C)C(=O)C4(F)CCN(C(=O)C#CC(C)(C)N(C)C)CC4)C(=O)N4CCCCN4)C3)ccc21. The molecular formula is C55H82FN9O8. The van der Waals surface area contributed by atoms with Gasteiger partial charge >= 0.3 is 0 Å². The first-order valence-corrected chi connectivity index (χ1v) is 26.0. The third-order valence-electron chi connectivity index (χ3n) is 14.1. The summed E-state index contributed by atoms with van der Waals surface area (Å²) < 4.78 is 36.0. The van der Waals surface area contributed by atoms with Gasteiger partial charge in [0.15, 0.2) is 5.67 Å². The van der Waals surface area contributed by atoms with Crippen LogP contribution in [-0.2, 0) is 51.1 Å². The summed E-state index contributed by atoms with van der Waals surface area (Å²) in [5.74, 6) is 3.42. The van der Waals surface area contributed by atoms with Gasteiger partial charge in [-0.3, -0.25) is 38.9 Å². The Hall–Kier alpha value is -5.61. The third-order valence-corrected chi connectivity index (χ3v) is 14.1. The molecule has 3 saturated heterocycles. The molecule has 0 aliphatic carbocycles. The van der Waals surface area contributed by atoms with Crippen molar-refractivity contribution in [2.75, 3.05) is 92.2 Å². The van der Waals surface area contributed by atoms with Gasteiger partial charge in [0.05, 0.1) is 48.9 Å². The average Bonchev–Trinajstić information content (AvgIpc) is 3.68. The van der Waals surface area contributed by atoms with Crippen LogP contribution < -0.4 is 15.6 Å². The number of carbonyl (C=O) groups is 5. The Balaban J connectivity index is 0.00000321. The largest absolute Gasteiger partial charge is 0.467 e. The first-order valence-electron chi connectivity index (χ1n) is 26.0. The Labute approximate surface area is 432 Å². The number of aryl methyl sites for hydroxylation is 1. The molecule has 3 atom stereocenters. The number of methoxy groups -OCH3 is 1. The molecule has 5 heterocycles. The smallest absolute Gasteiger partial charge is 0.298 e. The number of rotatable bonds is 18. The van der Waals surface area contributed by atoms with Crippen molar-refractivity contribution in [1.82, 2.24) is 40.0 Å². The predicted molar refractivity (Wildman–Crippen MR) is 282 cm³/mol. The molecule has 73 heavy (non-hydrogen) atoms. The summed E-state index contributed by atoms with van der Waals surface area (Å²) in [5.41, 5.74) is 5.84. The minimum Gasteiger partial charge on any atom is -0.467 e. The summed E-state index contributed by atoms with van der Waals surface area (Å²) in [5, 5.41) is 5.47. The van der Waals surface area contributed by atoms with Gasteiger partial charge in [0.1, 0.15) is 6.04 Å². The lowest BCUT2D eigenvalue weighted by molar-refractivity contribution is -0.150. The maximum atomic E-state index is 16.3. The van der Waals surface area contributed by atoms with Crippen molar-refractivity contribution in [2.24, 2.45) is 5.41 Å². The van der Waals surface area contributed by atoms with Crippen molar-refractivity contribution in [1.29, 1.82) is 0 Å². The van der Waals surface area contributed by atoms with Crippen LogP contribution in [0.1, 0.15) is 111 Å². The number of halogens is 1. The Kier molecular flexibility index (Phi) is 20.8. The van der Waals surface area contributed by atoms with Gasteiger partial charge in [0.2, 0.25) is 5.91 Å². The van der Waals surface area contributed by atoms with Gasteiger partial charge in [-0.15, -0.1) is 0 Å². The van der Waals surface area contributed by atoms with Crippen LogP contribution in [0.2, 0.25) is 0 Å². The van der Waals surface area contributed by atoms with E-state index in [0.717, 1.165) is 56.8 Å². The first kappa shape index (κ1) is 58.3. The fraction of sp³-hybridized carbons (Fsp3) is 0.636. The molecule has 0 bridgehead atoms. The number of hydrogen-bond acceptors (Lipinski definition) is 12. The number of pyridine rings is 1. The summed E-state index contributed by atoms with van der Waals surface area (Å²) >= 11 is 0. The van der Waals surface area contributed by atoms with Crippen molar-refractivity contribution in [2.45, 2.75) is 136 Å². The molecule has 1 aromatic carbocycles. The van der Waals surface area contributed by atoms with Crippen LogP contribution in [0.5, 0.6) is 0 Å². The summed E-state index contributed by atoms with van der Waals surface area (Å²) in [6.07, 6.45) is 4.28. The molecule has 6 rings (SSSR count). The molecule has 0 spiro atoms. The predicted octanol–water partition coefficient (Wildman–Crippen LogP) is 5.93. The van der Waals surface area contributed by atoms with Gasteiger partial charge in [-0.1, -0.05) is 40.0 Å². The number of piperidine rings is 1. The highest BCUT2D eigenvalue weighted by molar-refractivity contribution is 5.96. The molecular weight excluding hydrogens is 934 g/mol. The standard InChI is InChI=1S/C52H74FN9O8.C3H8/c1-11-61-43-17-16-37(29-40(43)41(31-50(3,4)34-69-35-63)47(61)39-15-14-22-54-46(39)36(2)68-10)60-27-28-70-38(32-60)30-42(48(66)62-24-13-12-23-55-62)56-44(64)33-58(9)49(67)52(53)20-25-59(26-21-52)45(65)18-19-51(5,6)57(7)8;1-3-2/h14-17,22,29,35-36,38,42,55H,11-13,20-21,23-28,30-34H2,1-10H3,(H,56,64);3H2,1-2H3/t36?,38-,42?;/m0./s1. The second-order valence-corrected chi connectivity index (χ2v) is 21.1. The van der Waals surface area contributed by atoms with Crippen molar-refractivity contribution in [3.63, 3.8) is 0 Å². The Morgan fingerprint density at radius 1 is 1.05 bits per heavy atom. The molecule has 3 aromatic rings.